The van der Waals surface area contributed by atoms with Crippen molar-refractivity contribution >= 4 is 48.4 Å². The molecule has 0 aromatic carbocycles. The van der Waals surface area contributed by atoms with Crippen LogP contribution in [0, 0.1) is 5.92 Å². The van der Waals surface area contributed by atoms with Crippen molar-refractivity contribution in [3.8, 4) is 0 Å². The van der Waals surface area contributed by atoms with Crippen LogP contribution in [0.1, 0.15) is 19.8 Å². The van der Waals surface area contributed by atoms with E-state index in [4.69, 9.17) is 0 Å². The van der Waals surface area contributed by atoms with Gasteiger partial charge in [0.25, 0.3) is 0 Å². The van der Waals surface area contributed by atoms with Gasteiger partial charge in [-0.2, -0.15) is 0 Å². The first-order chi connectivity index (χ1) is 5.83. The summed E-state index contributed by atoms with van der Waals surface area (Å²) >= 11 is 4.90. The van der Waals surface area contributed by atoms with Crippen LogP contribution >= 0.6 is 38.5 Å². The van der Waals surface area contributed by atoms with Gasteiger partial charge in [-0.25, -0.2) is 8.42 Å². The first-order valence-electron chi connectivity index (χ1n) is 4.11. The Morgan fingerprint density at radius 2 is 2.15 bits per heavy atom. The molecule has 13 heavy (non-hydrogen) atoms. The number of aliphatic hydroxyl groups excluding tert-OH is 1. The van der Waals surface area contributed by atoms with Gasteiger partial charge in [-0.15, -0.1) is 0 Å². The Hall–Kier alpha value is 1.12. The quantitative estimate of drug-likeness (QED) is 0.594. The molecule has 6 heteroatoms. The fourth-order valence-electron chi connectivity index (χ4n) is 1.06. The van der Waals surface area contributed by atoms with Crippen LogP contribution < -0.4 is 0 Å². The zero-order valence-electron chi connectivity index (χ0n) is 7.20. The lowest BCUT2D eigenvalue weighted by Crippen LogP contribution is -2.40. The number of alkyl halides is 2. The molecule has 0 saturated heterocycles. The van der Waals surface area contributed by atoms with Crippen LogP contribution in [0.2, 0.25) is 0 Å². The van der Waals surface area contributed by atoms with Crippen LogP contribution in [-0.2, 0) is 9.84 Å². The molecule has 0 radical (unpaired) electrons. The molecule has 0 bridgehead atoms. The van der Waals surface area contributed by atoms with E-state index in [1.165, 1.54) is 0 Å². The maximum Gasteiger partial charge on any atom is 0.203 e. The zero-order valence-corrected chi connectivity index (χ0v) is 11.8. The van der Waals surface area contributed by atoms with E-state index in [9.17, 15) is 13.5 Å². The molecule has 0 amide bonds. The minimum atomic E-state index is -3.25. The second-order valence-corrected chi connectivity index (χ2v) is 11.4. The predicted molar refractivity (Wildman–Crippen MR) is 63.9 cm³/mol. The smallest absolute Gasteiger partial charge is 0.203 e. The maximum atomic E-state index is 11.6. The highest BCUT2D eigenvalue weighted by molar-refractivity contribution is 14.1. The summed E-state index contributed by atoms with van der Waals surface area (Å²) < 4.78 is 22.0. The van der Waals surface area contributed by atoms with Crippen LogP contribution in [-0.4, -0.2) is 27.0 Å². The molecule has 1 saturated carbocycles. The summed E-state index contributed by atoms with van der Waals surface area (Å²) in [6.45, 7) is 1.59. The van der Waals surface area contributed by atoms with Crippen molar-refractivity contribution in [1.29, 1.82) is 0 Å². The molecule has 78 valence electrons. The summed E-state index contributed by atoms with van der Waals surface area (Å²) in [5.74, 6) is 0.197. The normalized spacial score (nSPS) is 25.2. The fraction of sp³-hybridized carbons (Fsp3) is 1.00. The summed E-state index contributed by atoms with van der Waals surface area (Å²) in [6.07, 6.45) is 1.06. The number of aliphatic hydroxyl groups is 1. The van der Waals surface area contributed by atoms with E-state index in [-0.39, 0.29) is 11.7 Å². The molecule has 0 unspecified atom stereocenters. The van der Waals surface area contributed by atoms with Crippen molar-refractivity contribution in [1.82, 2.24) is 0 Å². The van der Waals surface area contributed by atoms with Gasteiger partial charge in [0, 0.05) is 5.75 Å². The predicted octanol–water partition coefficient (Wildman–Crippen LogP) is 1.68. The maximum absolute atomic E-state index is 11.6. The molecule has 0 aromatic rings. The van der Waals surface area contributed by atoms with Gasteiger partial charge >= 0.3 is 0 Å². The highest BCUT2D eigenvalue weighted by Crippen LogP contribution is 2.47. The molecule has 0 aliphatic heterocycles. The third-order valence-electron chi connectivity index (χ3n) is 2.21. The second-order valence-electron chi connectivity index (χ2n) is 3.25. The van der Waals surface area contributed by atoms with Gasteiger partial charge in [0.05, 0.1) is 6.10 Å². The lowest BCUT2D eigenvalue weighted by molar-refractivity contribution is 0.164. The van der Waals surface area contributed by atoms with E-state index in [1.54, 1.807) is 29.5 Å². The van der Waals surface area contributed by atoms with Crippen molar-refractivity contribution in [3.05, 3.63) is 0 Å². The van der Waals surface area contributed by atoms with E-state index in [1.807, 2.05) is 0 Å². The standard InChI is InChI=1S/C7H12BrIO3S/c1-2-13(11,12)7(8,9)6(10)5-3-4-5/h5-6,10H,2-4H2,1H3/t6-,7-/m0/s1. The Morgan fingerprint density at radius 1 is 1.69 bits per heavy atom. The topological polar surface area (TPSA) is 54.4 Å². The number of hydrogen-bond acceptors (Lipinski definition) is 3. The van der Waals surface area contributed by atoms with E-state index < -0.39 is 17.6 Å². The van der Waals surface area contributed by atoms with E-state index in [2.05, 4.69) is 15.9 Å². The lowest BCUT2D eigenvalue weighted by Gasteiger charge is -2.25. The average molecular weight is 383 g/mol. The Bertz CT molecular complexity index is 284. The fourth-order valence-corrected chi connectivity index (χ4v) is 4.51. The molecule has 0 spiro atoms. The Morgan fingerprint density at radius 3 is 2.46 bits per heavy atom. The molecule has 1 fully saturated rings. The van der Waals surface area contributed by atoms with Crippen molar-refractivity contribution in [2.75, 3.05) is 5.75 Å². The molecular formula is C7H12BrIO3S. The molecule has 1 N–H and O–H groups in total. The number of halogens is 2. The summed E-state index contributed by atoms with van der Waals surface area (Å²) in [5.41, 5.74) is 0. The van der Waals surface area contributed by atoms with Crippen LogP contribution in [0.3, 0.4) is 0 Å². The molecule has 3 nitrogen and oxygen atoms in total. The number of hydrogen-bond donors (Lipinski definition) is 1. The van der Waals surface area contributed by atoms with E-state index >= 15 is 0 Å². The highest BCUT2D eigenvalue weighted by atomic mass is 127. The van der Waals surface area contributed by atoms with Crippen LogP contribution in [0.15, 0.2) is 0 Å². The zero-order chi connectivity index (χ0) is 10.3. The molecule has 1 aliphatic carbocycles. The van der Waals surface area contributed by atoms with Gasteiger partial charge in [0.1, 0.15) is 0 Å². The summed E-state index contributed by atoms with van der Waals surface area (Å²) in [4.78, 5) is 0. The number of sulfone groups is 1. The first-order valence-corrected chi connectivity index (χ1v) is 7.63. The minimum absolute atomic E-state index is 0.0466. The van der Waals surface area contributed by atoms with Gasteiger partial charge in [0.15, 0.2) is 9.84 Å². The summed E-state index contributed by atoms with van der Waals surface area (Å²) in [5, 5.41) is 9.75. The van der Waals surface area contributed by atoms with Crippen molar-refractivity contribution in [2.45, 2.75) is 27.5 Å². The SMILES string of the molecule is CCS(=O)(=O)[C@@](Br)(I)[C@@H](O)C1CC1. The monoisotopic (exact) mass is 382 g/mol. The second kappa shape index (κ2) is 3.94. The average Bonchev–Trinajstić information content (AvgIpc) is 2.85. The van der Waals surface area contributed by atoms with Crippen molar-refractivity contribution < 1.29 is 13.5 Å². The third kappa shape index (κ3) is 2.38. The summed E-state index contributed by atoms with van der Waals surface area (Å²) in [7, 11) is -3.25. The number of rotatable bonds is 4. The Labute approximate surface area is 100 Å². The molecule has 1 aliphatic rings. The lowest BCUT2D eigenvalue weighted by atomic mass is 10.3. The molecule has 0 heterocycles. The third-order valence-corrected chi connectivity index (χ3v) is 8.64. The van der Waals surface area contributed by atoms with Gasteiger partial charge in [-0.05, 0) is 41.4 Å². The van der Waals surface area contributed by atoms with Gasteiger partial charge in [0.2, 0.25) is 1.66 Å². The van der Waals surface area contributed by atoms with Gasteiger partial charge in [-0.3, -0.25) is 0 Å². The minimum Gasteiger partial charge on any atom is -0.389 e. The van der Waals surface area contributed by atoms with Gasteiger partial charge in [-0.1, -0.05) is 22.9 Å². The first kappa shape index (κ1) is 12.2. The van der Waals surface area contributed by atoms with Gasteiger partial charge < -0.3 is 5.11 Å². The Balaban J connectivity index is 2.85. The van der Waals surface area contributed by atoms with Crippen molar-refractivity contribution in [2.24, 2.45) is 5.92 Å². The molecule has 2 atom stereocenters. The molecular weight excluding hydrogens is 371 g/mol. The highest BCUT2D eigenvalue weighted by Gasteiger charge is 2.50. The largest absolute Gasteiger partial charge is 0.389 e. The van der Waals surface area contributed by atoms with E-state index in [0.29, 0.717) is 0 Å². The van der Waals surface area contributed by atoms with E-state index in [0.717, 1.165) is 12.8 Å². The summed E-state index contributed by atoms with van der Waals surface area (Å²) in [6, 6.07) is 0. The Kier molecular flexibility index (Phi) is 3.69. The van der Waals surface area contributed by atoms with Crippen LogP contribution in [0.4, 0.5) is 0 Å². The van der Waals surface area contributed by atoms with Crippen LogP contribution in [0.25, 0.3) is 0 Å². The van der Waals surface area contributed by atoms with Crippen molar-refractivity contribution in [3.63, 3.8) is 0 Å². The molecule has 0 aromatic heterocycles. The molecule has 1 rings (SSSR count). The van der Waals surface area contributed by atoms with Crippen LogP contribution in [0.5, 0.6) is 0 Å².